The van der Waals surface area contributed by atoms with Crippen molar-refractivity contribution in [1.82, 2.24) is 5.32 Å². The molecule has 0 aliphatic rings. The quantitative estimate of drug-likeness (QED) is 0.552. The van der Waals surface area contributed by atoms with Crippen LogP contribution in [0.15, 0.2) is 53.4 Å². The fraction of sp³-hybridized carbons (Fsp3) is 0.316. The second kappa shape index (κ2) is 10.5. The molecule has 0 aromatic heterocycles. The van der Waals surface area contributed by atoms with Gasteiger partial charge in [0.2, 0.25) is 0 Å². The zero-order valence-corrected chi connectivity index (χ0v) is 16.6. The maximum absolute atomic E-state index is 12.5. The second-order valence-corrected chi connectivity index (χ2v) is 7.48. The van der Waals surface area contributed by atoms with Gasteiger partial charge in [0.1, 0.15) is 11.5 Å². The van der Waals surface area contributed by atoms with Crippen LogP contribution in [-0.4, -0.2) is 48.3 Å². The molecular weight excluding hydrogens is 384 g/mol. The van der Waals surface area contributed by atoms with Gasteiger partial charge in [0.05, 0.1) is 17.7 Å². The molecule has 28 heavy (non-hydrogen) atoms. The largest absolute Gasteiger partial charge is 0.497 e. The van der Waals surface area contributed by atoms with Crippen LogP contribution in [0.5, 0.6) is 11.5 Å². The van der Waals surface area contributed by atoms with Crippen molar-refractivity contribution in [3.05, 3.63) is 48.5 Å². The maximum Gasteiger partial charge on any atom is 0.261 e. The fourth-order valence-corrected chi connectivity index (χ4v) is 3.31. The summed E-state index contributed by atoms with van der Waals surface area (Å²) in [5, 5.41) is 2.70. The van der Waals surface area contributed by atoms with Crippen molar-refractivity contribution in [1.29, 1.82) is 0 Å². The van der Waals surface area contributed by atoms with Crippen molar-refractivity contribution in [2.75, 3.05) is 38.7 Å². The van der Waals surface area contributed by atoms with Gasteiger partial charge in [-0.2, -0.15) is 0 Å². The molecule has 8 nitrogen and oxygen atoms in total. The number of nitrogens with one attached hydrogen (secondary N) is 2. The summed E-state index contributed by atoms with van der Waals surface area (Å²) in [5.41, 5.74) is 0.393. The van der Waals surface area contributed by atoms with Crippen molar-refractivity contribution in [2.45, 2.75) is 11.3 Å². The van der Waals surface area contributed by atoms with Crippen LogP contribution >= 0.6 is 0 Å². The first-order valence-corrected chi connectivity index (χ1v) is 10.1. The SMILES string of the molecule is COCCCNC(=O)COc1ccc(S(=O)(=O)Nc2cccc(OC)c2)cc1. The Labute approximate surface area is 164 Å². The number of ether oxygens (including phenoxy) is 3. The van der Waals surface area contributed by atoms with Crippen LogP contribution in [0.2, 0.25) is 0 Å². The van der Waals surface area contributed by atoms with Gasteiger partial charge in [0.25, 0.3) is 15.9 Å². The average molecular weight is 408 g/mol. The summed E-state index contributed by atoms with van der Waals surface area (Å²) in [4.78, 5) is 11.7. The van der Waals surface area contributed by atoms with Gasteiger partial charge >= 0.3 is 0 Å². The summed E-state index contributed by atoms with van der Waals surface area (Å²) in [7, 11) is -0.652. The Kier molecular flexibility index (Phi) is 8.09. The summed E-state index contributed by atoms with van der Waals surface area (Å²) in [6.45, 7) is 0.922. The molecule has 0 bridgehead atoms. The highest BCUT2D eigenvalue weighted by atomic mass is 32.2. The Bertz CT molecular complexity index is 868. The Morgan fingerprint density at radius 3 is 2.46 bits per heavy atom. The van der Waals surface area contributed by atoms with Gasteiger partial charge in [-0.3, -0.25) is 9.52 Å². The molecule has 2 rings (SSSR count). The third-order valence-electron chi connectivity index (χ3n) is 3.67. The van der Waals surface area contributed by atoms with E-state index in [0.717, 1.165) is 6.42 Å². The van der Waals surface area contributed by atoms with Crippen LogP contribution < -0.4 is 19.5 Å². The number of methoxy groups -OCH3 is 2. The van der Waals surface area contributed by atoms with E-state index in [0.29, 0.717) is 30.3 Å². The van der Waals surface area contributed by atoms with Crippen LogP contribution in [0, 0.1) is 0 Å². The highest BCUT2D eigenvalue weighted by Gasteiger charge is 2.14. The molecule has 2 aromatic carbocycles. The molecule has 0 fully saturated rings. The van der Waals surface area contributed by atoms with Gasteiger partial charge < -0.3 is 19.5 Å². The van der Waals surface area contributed by atoms with E-state index >= 15 is 0 Å². The maximum atomic E-state index is 12.5. The minimum atomic E-state index is -3.76. The van der Waals surface area contributed by atoms with Crippen LogP contribution in [0.25, 0.3) is 0 Å². The van der Waals surface area contributed by atoms with Gasteiger partial charge in [-0.15, -0.1) is 0 Å². The van der Waals surface area contributed by atoms with Crippen molar-refractivity contribution in [3.8, 4) is 11.5 Å². The Balaban J connectivity index is 1.90. The van der Waals surface area contributed by atoms with Gasteiger partial charge in [-0.1, -0.05) is 6.07 Å². The topological polar surface area (TPSA) is 103 Å². The summed E-state index contributed by atoms with van der Waals surface area (Å²) >= 11 is 0. The first-order chi connectivity index (χ1) is 13.4. The van der Waals surface area contributed by atoms with Crippen molar-refractivity contribution in [2.24, 2.45) is 0 Å². The van der Waals surface area contributed by atoms with E-state index in [4.69, 9.17) is 14.2 Å². The molecular formula is C19H24N2O6S. The fourth-order valence-electron chi connectivity index (χ4n) is 2.26. The number of carbonyl (C=O) groups excluding carboxylic acids is 1. The van der Waals surface area contributed by atoms with Gasteiger partial charge in [-0.05, 0) is 42.8 Å². The lowest BCUT2D eigenvalue weighted by atomic mass is 10.3. The van der Waals surface area contributed by atoms with Crippen molar-refractivity contribution >= 4 is 21.6 Å². The van der Waals surface area contributed by atoms with Crippen LogP contribution in [0.4, 0.5) is 5.69 Å². The number of sulfonamides is 1. The minimum absolute atomic E-state index is 0.0756. The molecule has 0 saturated heterocycles. The van der Waals surface area contributed by atoms with Gasteiger partial charge in [0, 0.05) is 26.3 Å². The lowest BCUT2D eigenvalue weighted by molar-refractivity contribution is -0.123. The smallest absolute Gasteiger partial charge is 0.261 e. The molecule has 0 spiro atoms. The first kappa shape index (κ1) is 21.5. The Hall–Kier alpha value is -2.78. The predicted octanol–water partition coefficient (Wildman–Crippen LogP) is 2.03. The molecule has 0 aliphatic heterocycles. The minimum Gasteiger partial charge on any atom is -0.497 e. The van der Waals surface area contributed by atoms with Crippen LogP contribution in [-0.2, 0) is 19.6 Å². The number of amides is 1. The van der Waals surface area contributed by atoms with Gasteiger partial charge in [-0.25, -0.2) is 8.42 Å². The van der Waals surface area contributed by atoms with E-state index in [1.54, 1.807) is 31.4 Å². The highest BCUT2D eigenvalue weighted by molar-refractivity contribution is 7.92. The molecule has 0 radical (unpaired) electrons. The van der Waals surface area contributed by atoms with E-state index in [1.165, 1.54) is 31.4 Å². The number of benzene rings is 2. The number of hydrogen-bond acceptors (Lipinski definition) is 6. The molecule has 2 N–H and O–H groups in total. The summed E-state index contributed by atoms with van der Waals surface area (Å²) in [6, 6.07) is 12.4. The molecule has 0 saturated carbocycles. The third-order valence-corrected chi connectivity index (χ3v) is 5.07. The Morgan fingerprint density at radius 2 is 1.79 bits per heavy atom. The molecule has 152 valence electrons. The monoisotopic (exact) mass is 408 g/mol. The van der Waals surface area contributed by atoms with Crippen LogP contribution in [0.1, 0.15) is 6.42 Å². The molecule has 0 atom stereocenters. The summed E-state index contributed by atoms with van der Waals surface area (Å²) < 4.78 is 42.8. The van der Waals surface area contributed by atoms with Crippen LogP contribution in [0.3, 0.4) is 0 Å². The number of rotatable bonds is 11. The molecule has 0 unspecified atom stereocenters. The first-order valence-electron chi connectivity index (χ1n) is 8.60. The number of hydrogen-bond donors (Lipinski definition) is 2. The lowest BCUT2D eigenvalue weighted by Gasteiger charge is -2.10. The normalized spacial score (nSPS) is 10.9. The summed E-state index contributed by atoms with van der Waals surface area (Å²) in [5.74, 6) is 0.685. The van der Waals surface area contributed by atoms with E-state index in [9.17, 15) is 13.2 Å². The lowest BCUT2D eigenvalue weighted by Crippen LogP contribution is -2.30. The van der Waals surface area contributed by atoms with Crippen molar-refractivity contribution in [3.63, 3.8) is 0 Å². The number of anilines is 1. The molecule has 0 heterocycles. The zero-order chi connectivity index (χ0) is 20.4. The molecule has 1 amide bonds. The number of carbonyl (C=O) groups is 1. The standard InChI is InChI=1S/C19H24N2O6S/c1-25-12-4-11-20-19(22)14-27-16-7-9-18(10-8-16)28(23,24)21-15-5-3-6-17(13-15)26-2/h3,5-10,13,21H,4,11-12,14H2,1-2H3,(H,20,22). The zero-order valence-electron chi connectivity index (χ0n) is 15.8. The van der Waals surface area contributed by atoms with E-state index < -0.39 is 10.0 Å². The highest BCUT2D eigenvalue weighted by Crippen LogP contribution is 2.22. The van der Waals surface area contributed by atoms with Crippen molar-refractivity contribution < 1.29 is 27.4 Å². The van der Waals surface area contributed by atoms with E-state index in [-0.39, 0.29) is 17.4 Å². The Morgan fingerprint density at radius 1 is 1.04 bits per heavy atom. The average Bonchev–Trinajstić information content (AvgIpc) is 2.70. The third kappa shape index (κ3) is 6.75. The van der Waals surface area contributed by atoms with Gasteiger partial charge in [0.15, 0.2) is 6.61 Å². The predicted molar refractivity (Wildman–Crippen MR) is 105 cm³/mol. The molecule has 0 aliphatic carbocycles. The molecule has 2 aromatic rings. The summed E-state index contributed by atoms with van der Waals surface area (Å²) in [6.07, 6.45) is 0.717. The van der Waals surface area contributed by atoms with E-state index in [1.807, 2.05) is 0 Å². The molecule has 9 heteroatoms. The van der Waals surface area contributed by atoms with E-state index in [2.05, 4.69) is 10.0 Å². The second-order valence-electron chi connectivity index (χ2n) is 5.79.